The highest BCUT2D eigenvalue weighted by Gasteiger charge is 2.37. The molecule has 0 heterocycles. The molecule has 3 rings (SSSR count). The van der Waals surface area contributed by atoms with Crippen LogP contribution in [0.4, 0.5) is 13.2 Å². The lowest BCUT2D eigenvalue weighted by atomic mass is 9.87. The summed E-state index contributed by atoms with van der Waals surface area (Å²) in [7, 11) is 0. The maximum atomic E-state index is 12.7. The van der Waals surface area contributed by atoms with Crippen LogP contribution in [0, 0.1) is 11.8 Å². The highest BCUT2D eigenvalue weighted by atomic mass is 35.5. The second-order valence-corrected chi connectivity index (χ2v) is 8.87. The number of amides is 1. The van der Waals surface area contributed by atoms with Gasteiger partial charge in [-0.25, -0.2) is 0 Å². The molecule has 4 nitrogen and oxygen atoms in total. The zero-order chi connectivity index (χ0) is 23.3. The number of aliphatic hydroxyl groups excluding tert-OH is 1. The first-order valence-corrected chi connectivity index (χ1v) is 11.1. The van der Waals surface area contributed by atoms with Crippen LogP contribution in [0.2, 0.25) is 10.0 Å². The Hall–Kier alpha value is -1.96. The van der Waals surface area contributed by atoms with Gasteiger partial charge in [0, 0.05) is 22.5 Å². The number of hydrogen-bond donors (Lipinski definition) is 2. The van der Waals surface area contributed by atoms with Crippen LogP contribution in [0.5, 0.6) is 5.75 Å². The standard InChI is InChI=1S/C23H24Cl2F3NO3/c24-16-10-15(11-17(25)12-16)13-29-22(31)20-3-1-2-19(20)21(30)9-6-14-4-7-18(8-5-14)32-23(26,27)28/h4-5,7-8,10-12,19-21,30H,1-3,6,9,13H2,(H,29,31)/t19-,20-,21?/m1/s1. The molecule has 0 saturated heterocycles. The number of carbonyl (C=O) groups excluding carboxylic acids is 1. The summed E-state index contributed by atoms with van der Waals surface area (Å²) in [5, 5.41) is 14.6. The first-order chi connectivity index (χ1) is 15.1. The van der Waals surface area contributed by atoms with E-state index in [1.54, 1.807) is 30.3 Å². The molecular weight excluding hydrogens is 466 g/mol. The van der Waals surface area contributed by atoms with E-state index < -0.39 is 12.5 Å². The predicted octanol–water partition coefficient (Wildman–Crippen LogP) is 5.92. The summed E-state index contributed by atoms with van der Waals surface area (Å²) in [4.78, 5) is 12.7. The van der Waals surface area contributed by atoms with Crippen LogP contribution < -0.4 is 10.1 Å². The zero-order valence-electron chi connectivity index (χ0n) is 17.2. The highest BCUT2D eigenvalue weighted by Crippen LogP contribution is 2.36. The highest BCUT2D eigenvalue weighted by molar-refractivity contribution is 6.34. The molecule has 1 aliphatic rings. The molecule has 32 heavy (non-hydrogen) atoms. The predicted molar refractivity (Wildman–Crippen MR) is 117 cm³/mol. The first kappa shape index (κ1) is 24.7. The molecule has 0 radical (unpaired) electrons. The van der Waals surface area contributed by atoms with Crippen molar-refractivity contribution in [2.75, 3.05) is 0 Å². The summed E-state index contributed by atoms with van der Waals surface area (Å²) in [6, 6.07) is 10.7. The minimum atomic E-state index is -4.73. The number of nitrogens with one attached hydrogen (secondary N) is 1. The molecule has 0 bridgehead atoms. The van der Waals surface area contributed by atoms with Gasteiger partial charge in [-0.05, 0) is 73.1 Å². The number of halogens is 5. The Kier molecular flexibility index (Phi) is 8.31. The quantitative estimate of drug-likeness (QED) is 0.483. The van der Waals surface area contributed by atoms with E-state index in [1.165, 1.54) is 12.1 Å². The van der Waals surface area contributed by atoms with Gasteiger partial charge in [-0.1, -0.05) is 41.8 Å². The van der Waals surface area contributed by atoms with Crippen molar-refractivity contribution < 1.29 is 27.8 Å². The van der Waals surface area contributed by atoms with E-state index in [0.29, 0.717) is 35.9 Å². The normalized spacial score (nSPS) is 19.6. The lowest BCUT2D eigenvalue weighted by Crippen LogP contribution is -2.36. The summed E-state index contributed by atoms with van der Waals surface area (Å²) in [5.74, 6) is -0.848. The van der Waals surface area contributed by atoms with Crippen LogP contribution in [0.1, 0.15) is 36.8 Å². The molecule has 2 aromatic carbocycles. The number of aryl methyl sites for hydroxylation is 1. The number of ether oxygens (including phenoxy) is 1. The second kappa shape index (κ2) is 10.8. The summed E-state index contributed by atoms with van der Waals surface area (Å²) >= 11 is 12.0. The summed E-state index contributed by atoms with van der Waals surface area (Å²) in [6.07, 6.45) is -2.20. The molecule has 174 valence electrons. The number of alkyl halides is 3. The maximum Gasteiger partial charge on any atom is 0.573 e. The third-order valence-corrected chi connectivity index (χ3v) is 6.11. The molecule has 0 aliphatic heterocycles. The fourth-order valence-electron chi connectivity index (χ4n) is 4.19. The van der Waals surface area contributed by atoms with Crippen molar-refractivity contribution in [2.45, 2.75) is 51.1 Å². The molecule has 1 unspecified atom stereocenters. The van der Waals surface area contributed by atoms with Gasteiger partial charge in [0.15, 0.2) is 0 Å². The maximum absolute atomic E-state index is 12.7. The van der Waals surface area contributed by atoms with Crippen molar-refractivity contribution in [3.8, 4) is 5.75 Å². The van der Waals surface area contributed by atoms with Crippen LogP contribution in [0.15, 0.2) is 42.5 Å². The van der Waals surface area contributed by atoms with E-state index in [1.807, 2.05) is 0 Å². The molecule has 1 saturated carbocycles. The minimum absolute atomic E-state index is 0.115. The summed E-state index contributed by atoms with van der Waals surface area (Å²) in [6.45, 7) is 0.296. The fraction of sp³-hybridized carbons (Fsp3) is 0.435. The van der Waals surface area contributed by atoms with Gasteiger partial charge in [0.2, 0.25) is 5.91 Å². The Balaban J connectivity index is 1.51. The van der Waals surface area contributed by atoms with Gasteiger partial charge in [0.05, 0.1) is 6.10 Å². The van der Waals surface area contributed by atoms with Crippen molar-refractivity contribution in [1.82, 2.24) is 5.32 Å². The molecule has 1 aliphatic carbocycles. The fourth-order valence-corrected chi connectivity index (χ4v) is 4.77. The Labute approximate surface area is 194 Å². The number of hydrogen-bond acceptors (Lipinski definition) is 3. The van der Waals surface area contributed by atoms with E-state index >= 15 is 0 Å². The molecule has 3 atom stereocenters. The Morgan fingerprint density at radius 1 is 1.09 bits per heavy atom. The third-order valence-electron chi connectivity index (χ3n) is 5.68. The van der Waals surface area contributed by atoms with E-state index in [0.717, 1.165) is 24.0 Å². The van der Waals surface area contributed by atoms with Gasteiger partial charge in [0.1, 0.15) is 5.75 Å². The van der Waals surface area contributed by atoms with Gasteiger partial charge in [0.25, 0.3) is 0 Å². The average Bonchev–Trinajstić information content (AvgIpc) is 3.19. The van der Waals surface area contributed by atoms with Crippen molar-refractivity contribution in [1.29, 1.82) is 0 Å². The van der Waals surface area contributed by atoms with Gasteiger partial charge < -0.3 is 15.2 Å². The molecule has 0 spiro atoms. The van der Waals surface area contributed by atoms with Gasteiger partial charge in [-0.2, -0.15) is 0 Å². The van der Waals surface area contributed by atoms with Crippen LogP contribution in [0.25, 0.3) is 0 Å². The SMILES string of the molecule is O=C(NCc1cc(Cl)cc(Cl)c1)[C@@H]1CCC[C@H]1C(O)CCc1ccc(OC(F)(F)F)cc1. The smallest absolute Gasteiger partial charge is 0.406 e. The Bertz CT molecular complexity index is 901. The van der Waals surface area contributed by atoms with Crippen molar-refractivity contribution >= 4 is 29.1 Å². The van der Waals surface area contributed by atoms with Crippen LogP contribution in [-0.4, -0.2) is 23.5 Å². The summed E-state index contributed by atoms with van der Waals surface area (Å²) in [5.41, 5.74) is 1.58. The molecule has 0 aromatic heterocycles. The second-order valence-electron chi connectivity index (χ2n) is 7.99. The van der Waals surface area contributed by atoms with E-state index in [-0.39, 0.29) is 23.5 Å². The molecule has 1 fully saturated rings. The van der Waals surface area contributed by atoms with Crippen LogP contribution >= 0.6 is 23.2 Å². The van der Waals surface area contributed by atoms with Gasteiger partial charge in [-0.15, -0.1) is 13.2 Å². The third kappa shape index (κ3) is 7.29. The lowest BCUT2D eigenvalue weighted by Gasteiger charge is -2.24. The van der Waals surface area contributed by atoms with Crippen molar-refractivity contribution in [3.63, 3.8) is 0 Å². The largest absolute Gasteiger partial charge is 0.573 e. The monoisotopic (exact) mass is 489 g/mol. The molecular formula is C23H24Cl2F3NO3. The minimum Gasteiger partial charge on any atom is -0.406 e. The number of benzene rings is 2. The number of aliphatic hydroxyl groups is 1. The number of carbonyl (C=O) groups is 1. The first-order valence-electron chi connectivity index (χ1n) is 10.4. The number of rotatable bonds is 8. The zero-order valence-corrected chi connectivity index (χ0v) is 18.7. The lowest BCUT2D eigenvalue weighted by molar-refractivity contribution is -0.274. The molecule has 1 amide bonds. The average molecular weight is 490 g/mol. The van der Waals surface area contributed by atoms with E-state index in [2.05, 4.69) is 10.1 Å². The van der Waals surface area contributed by atoms with Gasteiger partial charge >= 0.3 is 6.36 Å². The molecule has 2 N–H and O–H groups in total. The topological polar surface area (TPSA) is 58.6 Å². The Morgan fingerprint density at radius 3 is 2.38 bits per heavy atom. The molecule has 9 heteroatoms. The summed E-state index contributed by atoms with van der Waals surface area (Å²) < 4.78 is 40.6. The van der Waals surface area contributed by atoms with Crippen LogP contribution in [0.3, 0.4) is 0 Å². The Morgan fingerprint density at radius 2 is 1.75 bits per heavy atom. The van der Waals surface area contributed by atoms with Crippen molar-refractivity contribution in [2.24, 2.45) is 11.8 Å². The van der Waals surface area contributed by atoms with Crippen LogP contribution in [-0.2, 0) is 17.8 Å². The van der Waals surface area contributed by atoms with Gasteiger partial charge in [-0.3, -0.25) is 4.79 Å². The van der Waals surface area contributed by atoms with E-state index in [9.17, 15) is 23.1 Å². The van der Waals surface area contributed by atoms with Crippen molar-refractivity contribution in [3.05, 3.63) is 63.6 Å². The van der Waals surface area contributed by atoms with E-state index in [4.69, 9.17) is 23.2 Å². The molecule has 2 aromatic rings.